The van der Waals surface area contributed by atoms with Gasteiger partial charge < -0.3 is 5.32 Å². The fourth-order valence-corrected chi connectivity index (χ4v) is 5.56. The van der Waals surface area contributed by atoms with Crippen LogP contribution in [0.1, 0.15) is 5.56 Å². The van der Waals surface area contributed by atoms with E-state index in [1.807, 2.05) is 42.5 Å². The lowest BCUT2D eigenvalue weighted by atomic mass is 10.2. The highest BCUT2D eigenvalue weighted by Gasteiger charge is 2.22. The number of anilines is 1. The molecule has 0 aliphatic carbocycles. The van der Waals surface area contributed by atoms with Crippen LogP contribution in [0.2, 0.25) is 0 Å². The van der Waals surface area contributed by atoms with Crippen molar-refractivity contribution in [2.45, 2.75) is 11.4 Å². The smallest absolute Gasteiger partial charge is 0.283 e. The molecule has 8 heteroatoms. The topological polar surface area (TPSA) is 76.9 Å². The van der Waals surface area contributed by atoms with E-state index < -0.39 is 10.0 Å². The molecule has 6 nitrogen and oxygen atoms in total. The first-order valence-electron chi connectivity index (χ1n) is 8.99. The van der Waals surface area contributed by atoms with Gasteiger partial charge in [-0.1, -0.05) is 59.9 Å². The number of rotatable bonds is 5. The van der Waals surface area contributed by atoms with Gasteiger partial charge in [-0.3, -0.25) is 0 Å². The van der Waals surface area contributed by atoms with E-state index in [-0.39, 0.29) is 4.90 Å². The molecule has 5 aromatic rings. The standard InChI is InChI=1S/C21H16N4O2S2/c26-29(27,17-9-5-2-6-10-17)25-19-16(14-23-25)11-12-18-20(19)28-21(24-18)22-13-15-7-3-1-4-8-15/h1-12,14H,13H2,(H,22,24). The molecule has 0 saturated heterocycles. The number of benzene rings is 3. The van der Waals surface area contributed by atoms with E-state index in [1.165, 1.54) is 11.3 Å². The number of hydrogen-bond acceptors (Lipinski definition) is 6. The summed E-state index contributed by atoms with van der Waals surface area (Å²) < 4.78 is 28.2. The van der Waals surface area contributed by atoms with Crippen molar-refractivity contribution in [1.82, 2.24) is 14.2 Å². The van der Waals surface area contributed by atoms with Gasteiger partial charge in [0.1, 0.15) is 5.52 Å². The fourth-order valence-electron chi connectivity index (χ4n) is 3.19. The third-order valence-electron chi connectivity index (χ3n) is 4.61. The monoisotopic (exact) mass is 420 g/mol. The largest absolute Gasteiger partial charge is 0.357 e. The lowest BCUT2D eigenvalue weighted by Crippen LogP contribution is -2.14. The van der Waals surface area contributed by atoms with Gasteiger partial charge in [0.15, 0.2) is 5.13 Å². The third kappa shape index (κ3) is 3.16. The van der Waals surface area contributed by atoms with Crippen molar-refractivity contribution in [1.29, 1.82) is 0 Å². The average molecular weight is 421 g/mol. The summed E-state index contributed by atoms with van der Waals surface area (Å²) >= 11 is 1.43. The van der Waals surface area contributed by atoms with Crippen LogP contribution >= 0.6 is 11.3 Å². The van der Waals surface area contributed by atoms with Crippen LogP contribution in [0.5, 0.6) is 0 Å². The molecule has 0 amide bonds. The second kappa shape index (κ2) is 6.98. The molecule has 0 aliphatic rings. The summed E-state index contributed by atoms with van der Waals surface area (Å²) in [4.78, 5) is 4.83. The maximum absolute atomic E-state index is 13.1. The van der Waals surface area contributed by atoms with Gasteiger partial charge >= 0.3 is 0 Å². The molecule has 5 rings (SSSR count). The molecule has 2 aromatic heterocycles. The van der Waals surface area contributed by atoms with E-state index in [0.717, 1.165) is 30.4 Å². The molecular weight excluding hydrogens is 404 g/mol. The SMILES string of the molecule is O=S(=O)(c1ccccc1)n1ncc2ccc3nc(NCc4ccccc4)sc3c21. The summed E-state index contributed by atoms with van der Waals surface area (Å²) in [6.07, 6.45) is 1.58. The Labute approximate surface area is 171 Å². The number of nitrogens with one attached hydrogen (secondary N) is 1. The molecule has 0 atom stereocenters. The van der Waals surface area contributed by atoms with Crippen LogP contribution in [-0.2, 0) is 16.6 Å². The fraction of sp³-hybridized carbons (Fsp3) is 0.0476. The molecule has 0 spiro atoms. The van der Waals surface area contributed by atoms with Gasteiger partial charge in [-0.05, 0) is 29.8 Å². The van der Waals surface area contributed by atoms with E-state index in [2.05, 4.69) is 15.4 Å². The van der Waals surface area contributed by atoms with E-state index >= 15 is 0 Å². The van der Waals surface area contributed by atoms with Crippen LogP contribution in [0.4, 0.5) is 5.13 Å². The normalized spacial score (nSPS) is 11.9. The Kier molecular flexibility index (Phi) is 4.30. The van der Waals surface area contributed by atoms with E-state index in [4.69, 9.17) is 0 Å². The molecule has 0 bridgehead atoms. The van der Waals surface area contributed by atoms with E-state index in [0.29, 0.717) is 12.1 Å². The predicted molar refractivity (Wildman–Crippen MR) is 116 cm³/mol. The highest BCUT2D eigenvalue weighted by atomic mass is 32.2. The minimum atomic E-state index is -3.80. The highest BCUT2D eigenvalue weighted by Crippen LogP contribution is 2.34. The van der Waals surface area contributed by atoms with Crippen molar-refractivity contribution in [3.63, 3.8) is 0 Å². The molecule has 0 radical (unpaired) electrons. The maximum Gasteiger partial charge on any atom is 0.283 e. The summed E-state index contributed by atoms with van der Waals surface area (Å²) in [6, 6.07) is 22.1. The Morgan fingerprint density at radius 2 is 1.66 bits per heavy atom. The van der Waals surface area contributed by atoms with Gasteiger partial charge in [0.05, 0.1) is 21.3 Å². The molecular formula is C21H16N4O2S2. The van der Waals surface area contributed by atoms with Crippen molar-refractivity contribution in [3.05, 3.63) is 84.6 Å². The van der Waals surface area contributed by atoms with Gasteiger partial charge in [0.2, 0.25) is 0 Å². The predicted octanol–water partition coefficient (Wildman–Crippen LogP) is 4.50. The number of aromatic nitrogens is 3. The summed E-state index contributed by atoms with van der Waals surface area (Å²) in [6.45, 7) is 0.644. The Hall–Kier alpha value is -3.23. The minimum Gasteiger partial charge on any atom is -0.357 e. The molecule has 0 aliphatic heterocycles. The zero-order chi connectivity index (χ0) is 19.8. The first-order chi connectivity index (χ1) is 14.1. The number of fused-ring (bicyclic) bond motifs is 3. The van der Waals surface area contributed by atoms with Crippen molar-refractivity contribution < 1.29 is 8.42 Å². The first kappa shape index (κ1) is 17.8. The van der Waals surface area contributed by atoms with Gasteiger partial charge in [0.25, 0.3) is 10.0 Å². The van der Waals surface area contributed by atoms with Crippen molar-refractivity contribution >= 4 is 47.6 Å². The molecule has 144 valence electrons. The molecule has 0 fully saturated rings. The minimum absolute atomic E-state index is 0.203. The zero-order valence-electron chi connectivity index (χ0n) is 15.2. The van der Waals surface area contributed by atoms with Gasteiger partial charge in [-0.25, -0.2) is 4.98 Å². The van der Waals surface area contributed by atoms with E-state index in [9.17, 15) is 8.42 Å². The van der Waals surface area contributed by atoms with Crippen LogP contribution < -0.4 is 5.32 Å². The maximum atomic E-state index is 13.1. The Bertz CT molecular complexity index is 1410. The molecule has 1 N–H and O–H groups in total. The van der Waals surface area contributed by atoms with Gasteiger partial charge in [0, 0.05) is 11.9 Å². The van der Waals surface area contributed by atoms with E-state index in [1.54, 1.807) is 36.5 Å². The first-order valence-corrected chi connectivity index (χ1v) is 11.2. The number of thiazole rings is 1. The van der Waals surface area contributed by atoms with Crippen molar-refractivity contribution in [3.8, 4) is 0 Å². The molecule has 0 unspecified atom stereocenters. The van der Waals surface area contributed by atoms with Gasteiger partial charge in [-0.15, -0.1) is 0 Å². The number of hydrogen-bond donors (Lipinski definition) is 1. The lowest BCUT2D eigenvalue weighted by molar-refractivity contribution is 0.582. The van der Waals surface area contributed by atoms with Crippen LogP contribution in [0, 0.1) is 0 Å². The zero-order valence-corrected chi connectivity index (χ0v) is 16.8. The van der Waals surface area contributed by atoms with Crippen LogP contribution in [0.25, 0.3) is 21.1 Å². The molecule has 2 heterocycles. The van der Waals surface area contributed by atoms with Gasteiger partial charge in [-0.2, -0.15) is 17.6 Å². The molecule has 3 aromatic carbocycles. The summed E-state index contributed by atoms with van der Waals surface area (Å²) in [7, 11) is -3.80. The Morgan fingerprint density at radius 1 is 0.931 bits per heavy atom. The lowest BCUT2D eigenvalue weighted by Gasteiger charge is -2.06. The molecule has 0 saturated carbocycles. The van der Waals surface area contributed by atoms with Crippen molar-refractivity contribution in [2.75, 3.05) is 5.32 Å². The molecule has 29 heavy (non-hydrogen) atoms. The summed E-state index contributed by atoms with van der Waals surface area (Å²) in [5.41, 5.74) is 2.44. The van der Waals surface area contributed by atoms with Crippen LogP contribution in [0.3, 0.4) is 0 Å². The quantitative estimate of drug-likeness (QED) is 0.453. The second-order valence-electron chi connectivity index (χ2n) is 6.52. The average Bonchev–Trinajstić information content (AvgIpc) is 3.37. The second-order valence-corrected chi connectivity index (χ2v) is 9.28. The Morgan fingerprint density at radius 3 is 2.41 bits per heavy atom. The number of nitrogens with zero attached hydrogens (tertiary/aromatic N) is 3. The highest BCUT2D eigenvalue weighted by molar-refractivity contribution is 7.90. The van der Waals surface area contributed by atoms with Crippen LogP contribution in [-0.4, -0.2) is 22.6 Å². The third-order valence-corrected chi connectivity index (χ3v) is 7.25. The summed E-state index contributed by atoms with van der Waals surface area (Å²) in [5, 5.41) is 9.01. The van der Waals surface area contributed by atoms with Crippen molar-refractivity contribution in [2.24, 2.45) is 0 Å². The Balaban J connectivity index is 1.60. The summed E-state index contributed by atoms with van der Waals surface area (Å²) in [5.74, 6) is 0. The van der Waals surface area contributed by atoms with Crippen LogP contribution in [0.15, 0.2) is 83.9 Å².